The molecule has 0 aliphatic heterocycles. The summed E-state index contributed by atoms with van der Waals surface area (Å²) in [4.78, 5) is 10.9. The van der Waals surface area contributed by atoms with Gasteiger partial charge in [0.25, 0.3) is 0 Å². The number of aliphatic hydroxyl groups excluding tert-OH is 1. The van der Waals surface area contributed by atoms with Crippen LogP contribution in [0.15, 0.2) is 23.8 Å². The zero-order valence-corrected chi connectivity index (χ0v) is 7.69. The lowest BCUT2D eigenvalue weighted by molar-refractivity contribution is -0.151. The summed E-state index contributed by atoms with van der Waals surface area (Å²) < 4.78 is 4.85. The normalized spacial score (nSPS) is 17.8. The minimum Gasteiger partial charge on any atom is -0.459 e. The molecule has 1 aliphatic carbocycles. The van der Waals surface area contributed by atoms with Gasteiger partial charge >= 0.3 is 5.97 Å². The third kappa shape index (κ3) is 3.42. The maximum atomic E-state index is 10.9. The first-order valence-electron chi connectivity index (χ1n) is 4.39. The Kier molecular flexibility index (Phi) is 3.71. The minimum atomic E-state index is -1.03. The highest BCUT2D eigenvalue weighted by atomic mass is 16.5. The van der Waals surface area contributed by atoms with Gasteiger partial charge in [-0.05, 0) is 25.3 Å². The molecule has 0 fully saturated rings. The molecule has 3 nitrogen and oxygen atoms in total. The molecule has 0 radical (unpaired) electrons. The Balaban J connectivity index is 2.30. The summed E-state index contributed by atoms with van der Waals surface area (Å²) in [5, 5.41) is 8.84. The molecule has 0 heterocycles. The topological polar surface area (TPSA) is 46.5 Å². The van der Waals surface area contributed by atoms with Gasteiger partial charge in [-0.3, -0.25) is 0 Å². The molecule has 3 heteroatoms. The third-order valence-corrected chi connectivity index (χ3v) is 1.84. The maximum absolute atomic E-state index is 10.9. The van der Waals surface area contributed by atoms with Crippen molar-refractivity contribution in [1.82, 2.24) is 0 Å². The monoisotopic (exact) mass is 182 g/mol. The Morgan fingerprint density at radius 1 is 1.77 bits per heavy atom. The summed E-state index contributed by atoms with van der Waals surface area (Å²) in [7, 11) is 0. The highest BCUT2D eigenvalue weighted by Crippen LogP contribution is 2.11. The predicted octanol–water partition coefficient (Wildman–Crippen LogP) is 1.19. The molecule has 0 aromatic carbocycles. The van der Waals surface area contributed by atoms with Crippen LogP contribution >= 0.6 is 0 Å². The molecular formula is C10H14O3. The van der Waals surface area contributed by atoms with E-state index in [2.05, 4.69) is 6.08 Å². The standard InChI is InChI=1S/C10H14O3/c1-8(11)10(12)13-7-9-5-3-2-4-6-9/h2-3,5,8,11H,4,6-7H2,1H3/t8-/m0/s1. The Bertz CT molecular complexity index is 239. The molecule has 0 aromatic heterocycles. The molecule has 0 amide bonds. The average Bonchev–Trinajstić information content (AvgIpc) is 2.15. The molecule has 1 N–H and O–H groups in total. The van der Waals surface area contributed by atoms with E-state index in [0.29, 0.717) is 6.61 Å². The highest BCUT2D eigenvalue weighted by Gasteiger charge is 2.10. The fraction of sp³-hybridized carbons (Fsp3) is 0.500. The van der Waals surface area contributed by atoms with E-state index in [4.69, 9.17) is 9.84 Å². The minimum absolute atomic E-state index is 0.300. The van der Waals surface area contributed by atoms with Gasteiger partial charge in [-0.2, -0.15) is 0 Å². The number of aliphatic hydroxyl groups is 1. The van der Waals surface area contributed by atoms with Gasteiger partial charge in [-0.25, -0.2) is 4.79 Å². The molecule has 0 bridgehead atoms. The van der Waals surface area contributed by atoms with Gasteiger partial charge < -0.3 is 9.84 Å². The molecule has 1 atom stereocenters. The van der Waals surface area contributed by atoms with Gasteiger partial charge in [0.1, 0.15) is 12.7 Å². The van der Waals surface area contributed by atoms with E-state index in [9.17, 15) is 4.79 Å². The lowest BCUT2D eigenvalue weighted by atomic mass is 10.1. The average molecular weight is 182 g/mol. The smallest absolute Gasteiger partial charge is 0.334 e. The summed E-state index contributed by atoms with van der Waals surface area (Å²) >= 11 is 0. The van der Waals surface area contributed by atoms with Gasteiger partial charge in [0, 0.05) is 0 Å². The van der Waals surface area contributed by atoms with E-state index in [1.807, 2.05) is 12.2 Å². The Labute approximate surface area is 77.7 Å². The number of rotatable bonds is 3. The lowest BCUT2D eigenvalue weighted by Crippen LogP contribution is -2.20. The quantitative estimate of drug-likeness (QED) is 0.667. The summed E-state index contributed by atoms with van der Waals surface area (Å²) in [5.74, 6) is -0.560. The predicted molar refractivity (Wildman–Crippen MR) is 49.1 cm³/mol. The second-order valence-corrected chi connectivity index (χ2v) is 3.08. The van der Waals surface area contributed by atoms with Crippen molar-refractivity contribution in [2.24, 2.45) is 0 Å². The van der Waals surface area contributed by atoms with Crippen LogP contribution < -0.4 is 0 Å². The van der Waals surface area contributed by atoms with E-state index in [1.54, 1.807) is 0 Å². The van der Waals surface area contributed by atoms with Crippen molar-refractivity contribution in [2.45, 2.75) is 25.9 Å². The summed E-state index contributed by atoms with van der Waals surface area (Å²) in [6, 6.07) is 0. The van der Waals surface area contributed by atoms with E-state index >= 15 is 0 Å². The van der Waals surface area contributed by atoms with E-state index < -0.39 is 12.1 Å². The number of allylic oxidation sites excluding steroid dienone is 3. The van der Waals surface area contributed by atoms with Crippen LogP contribution in [0.3, 0.4) is 0 Å². The van der Waals surface area contributed by atoms with Crippen LogP contribution in [0.2, 0.25) is 0 Å². The zero-order chi connectivity index (χ0) is 9.68. The first-order valence-corrected chi connectivity index (χ1v) is 4.39. The van der Waals surface area contributed by atoms with Gasteiger partial charge in [0.15, 0.2) is 0 Å². The van der Waals surface area contributed by atoms with Crippen LogP contribution in [-0.4, -0.2) is 23.8 Å². The van der Waals surface area contributed by atoms with Gasteiger partial charge in [-0.15, -0.1) is 0 Å². The molecule has 1 rings (SSSR count). The molecule has 0 aromatic rings. The molecule has 72 valence electrons. The molecule has 0 saturated heterocycles. The van der Waals surface area contributed by atoms with Crippen LogP contribution in [0.4, 0.5) is 0 Å². The van der Waals surface area contributed by atoms with E-state index in [1.165, 1.54) is 6.92 Å². The van der Waals surface area contributed by atoms with Crippen LogP contribution in [0.5, 0.6) is 0 Å². The summed E-state index contributed by atoms with van der Waals surface area (Å²) in [5.41, 5.74) is 1.09. The van der Waals surface area contributed by atoms with Crippen molar-refractivity contribution in [3.05, 3.63) is 23.8 Å². The van der Waals surface area contributed by atoms with Crippen molar-refractivity contribution in [3.8, 4) is 0 Å². The van der Waals surface area contributed by atoms with Gasteiger partial charge in [0.05, 0.1) is 0 Å². The number of carbonyl (C=O) groups is 1. The second kappa shape index (κ2) is 4.82. The SMILES string of the molecule is C[C@H](O)C(=O)OCC1=CC=CCC1. The Morgan fingerprint density at radius 2 is 2.54 bits per heavy atom. The molecule has 1 aliphatic rings. The van der Waals surface area contributed by atoms with Gasteiger partial charge in [0.2, 0.25) is 0 Å². The summed E-state index contributed by atoms with van der Waals surface area (Å²) in [6.07, 6.45) is 6.87. The van der Waals surface area contributed by atoms with Crippen molar-refractivity contribution < 1.29 is 14.6 Å². The largest absolute Gasteiger partial charge is 0.459 e. The Hall–Kier alpha value is -1.09. The molecule has 0 spiro atoms. The maximum Gasteiger partial charge on any atom is 0.334 e. The van der Waals surface area contributed by atoms with Crippen LogP contribution in [-0.2, 0) is 9.53 Å². The lowest BCUT2D eigenvalue weighted by Gasteiger charge is -2.10. The number of esters is 1. The fourth-order valence-electron chi connectivity index (χ4n) is 1.06. The second-order valence-electron chi connectivity index (χ2n) is 3.08. The van der Waals surface area contributed by atoms with Crippen molar-refractivity contribution in [3.63, 3.8) is 0 Å². The van der Waals surface area contributed by atoms with Crippen LogP contribution in [0.25, 0.3) is 0 Å². The number of hydrogen-bond acceptors (Lipinski definition) is 3. The molecule has 13 heavy (non-hydrogen) atoms. The number of hydrogen-bond donors (Lipinski definition) is 1. The van der Waals surface area contributed by atoms with E-state index in [-0.39, 0.29) is 0 Å². The fourth-order valence-corrected chi connectivity index (χ4v) is 1.06. The number of carbonyl (C=O) groups excluding carboxylic acids is 1. The van der Waals surface area contributed by atoms with Gasteiger partial charge in [-0.1, -0.05) is 18.2 Å². The van der Waals surface area contributed by atoms with Crippen LogP contribution in [0, 0.1) is 0 Å². The zero-order valence-electron chi connectivity index (χ0n) is 7.69. The van der Waals surface area contributed by atoms with E-state index in [0.717, 1.165) is 18.4 Å². The van der Waals surface area contributed by atoms with Crippen molar-refractivity contribution >= 4 is 5.97 Å². The third-order valence-electron chi connectivity index (χ3n) is 1.84. The molecule has 0 unspecified atom stereocenters. The first-order chi connectivity index (χ1) is 6.20. The number of ether oxygens (including phenoxy) is 1. The summed E-state index contributed by atoms with van der Waals surface area (Å²) in [6.45, 7) is 1.70. The van der Waals surface area contributed by atoms with Crippen molar-refractivity contribution in [1.29, 1.82) is 0 Å². The van der Waals surface area contributed by atoms with Crippen LogP contribution in [0.1, 0.15) is 19.8 Å². The molecule has 0 saturated carbocycles. The Morgan fingerprint density at radius 3 is 3.08 bits per heavy atom. The van der Waals surface area contributed by atoms with Crippen molar-refractivity contribution in [2.75, 3.05) is 6.61 Å². The molecular weight excluding hydrogens is 168 g/mol. The first kappa shape index (κ1) is 9.99. The highest BCUT2D eigenvalue weighted by molar-refractivity contribution is 5.73.